The SMILES string of the molecule is CCCCCCNCCn1cc(I)cn1. The molecule has 0 unspecified atom stereocenters. The highest BCUT2D eigenvalue weighted by molar-refractivity contribution is 14.1. The van der Waals surface area contributed by atoms with Gasteiger partial charge in [0.2, 0.25) is 0 Å². The zero-order valence-electron chi connectivity index (χ0n) is 9.38. The molecule has 0 saturated carbocycles. The lowest BCUT2D eigenvalue weighted by Crippen LogP contribution is -2.21. The zero-order valence-corrected chi connectivity index (χ0v) is 11.5. The molecule has 0 amide bonds. The Balaban J connectivity index is 1.93. The molecule has 0 atom stereocenters. The summed E-state index contributed by atoms with van der Waals surface area (Å²) in [4.78, 5) is 0. The van der Waals surface area contributed by atoms with E-state index in [2.05, 4.69) is 46.1 Å². The van der Waals surface area contributed by atoms with Gasteiger partial charge in [0, 0.05) is 12.7 Å². The molecule has 1 aromatic rings. The maximum absolute atomic E-state index is 4.23. The summed E-state index contributed by atoms with van der Waals surface area (Å²) >= 11 is 2.28. The highest BCUT2D eigenvalue weighted by Gasteiger charge is 1.94. The monoisotopic (exact) mass is 321 g/mol. The minimum Gasteiger partial charge on any atom is -0.315 e. The molecule has 0 radical (unpaired) electrons. The van der Waals surface area contributed by atoms with E-state index in [1.807, 2.05) is 10.9 Å². The fourth-order valence-corrected chi connectivity index (χ4v) is 1.90. The van der Waals surface area contributed by atoms with Crippen LogP contribution >= 0.6 is 22.6 Å². The minimum atomic E-state index is 0.969. The van der Waals surface area contributed by atoms with E-state index < -0.39 is 0 Å². The number of rotatable bonds is 8. The van der Waals surface area contributed by atoms with Crippen molar-refractivity contribution in [3.63, 3.8) is 0 Å². The van der Waals surface area contributed by atoms with E-state index in [9.17, 15) is 0 Å². The lowest BCUT2D eigenvalue weighted by atomic mass is 10.2. The number of halogens is 1. The van der Waals surface area contributed by atoms with E-state index in [1.165, 1.54) is 29.3 Å². The molecule has 0 aliphatic rings. The molecule has 4 heteroatoms. The molecule has 0 aliphatic carbocycles. The quantitative estimate of drug-likeness (QED) is 0.589. The number of hydrogen-bond acceptors (Lipinski definition) is 2. The summed E-state index contributed by atoms with van der Waals surface area (Å²) in [6, 6.07) is 0. The summed E-state index contributed by atoms with van der Waals surface area (Å²) in [7, 11) is 0. The summed E-state index contributed by atoms with van der Waals surface area (Å²) in [6.07, 6.45) is 9.28. The molecule has 0 spiro atoms. The van der Waals surface area contributed by atoms with Gasteiger partial charge < -0.3 is 5.32 Å². The normalized spacial score (nSPS) is 10.8. The van der Waals surface area contributed by atoms with Gasteiger partial charge in [0.05, 0.1) is 16.3 Å². The Bertz CT molecular complexity index is 260. The maximum atomic E-state index is 4.23. The second-order valence-corrected chi connectivity index (χ2v) is 4.98. The lowest BCUT2D eigenvalue weighted by Gasteiger charge is -2.04. The predicted molar refractivity (Wildman–Crippen MR) is 72.0 cm³/mol. The Kier molecular flexibility index (Phi) is 7.00. The summed E-state index contributed by atoms with van der Waals surface area (Å²) < 4.78 is 3.19. The van der Waals surface area contributed by atoms with Crippen molar-refractivity contribution in [1.82, 2.24) is 15.1 Å². The summed E-state index contributed by atoms with van der Waals surface area (Å²) in [5.41, 5.74) is 0. The second-order valence-electron chi connectivity index (χ2n) is 3.73. The fourth-order valence-electron chi connectivity index (χ4n) is 1.46. The van der Waals surface area contributed by atoms with Crippen LogP contribution < -0.4 is 5.32 Å². The Morgan fingerprint density at radius 3 is 2.87 bits per heavy atom. The molecule has 1 N–H and O–H groups in total. The molecule has 86 valence electrons. The van der Waals surface area contributed by atoms with E-state index in [4.69, 9.17) is 0 Å². The van der Waals surface area contributed by atoms with Gasteiger partial charge in [-0.2, -0.15) is 5.10 Å². The first-order chi connectivity index (χ1) is 7.33. The van der Waals surface area contributed by atoms with Crippen molar-refractivity contribution in [3.05, 3.63) is 16.0 Å². The van der Waals surface area contributed by atoms with Crippen LogP contribution in [0.1, 0.15) is 32.6 Å². The minimum absolute atomic E-state index is 0.969. The largest absolute Gasteiger partial charge is 0.315 e. The van der Waals surface area contributed by atoms with Gasteiger partial charge in [-0.1, -0.05) is 26.2 Å². The number of unbranched alkanes of at least 4 members (excludes halogenated alkanes) is 3. The first-order valence-corrected chi connectivity index (χ1v) is 6.79. The van der Waals surface area contributed by atoms with Crippen LogP contribution in [0, 0.1) is 3.57 Å². The number of nitrogens with one attached hydrogen (secondary N) is 1. The third kappa shape index (κ3) is 6.14. The summed E-state index contributed by atoms with van der Waals surface area (Å²) in [5, 5.41) is 7.67. The van der Waals surface area contributed by atoms with Gasteiger partial charge in [0.1, 0.15) is 0 Å². The molecule has 15 heavy (non-hydrogen) atoms. The molecule has 1 aromatic heterocycles. The molecule has 0 bridgehead atoms. The average molecular weight is 321 g/mol. The van der Waals surface area contributed by atoms with E-state index in [0.29, 0.717) is 0 Å². The first kappa shape index (κ1) is 13.0. The predicted octanol–water partition coefficient (Wildman–Crippen LogP) is 2.66. The van der Waals surface area contributed by atoms with Gasteiger partial charge in [0.25, 0.3) is 0 Å². The molecule has 1 rings (SSSR count). The highest BCUT2D eigenvalue weighted by atomic mass is 127. The maximum Gasteiger partial charge on any atom is 0.0623 e. The third-order valence-corrected chi connectivity index (χ3v) is 2.88. The number of aromatic nitrogens is 2. The first-order valence-electron chi connectivity index (χ1n) is 5.71. The van der Waals surface area contributed by atoms with Gasteiger partial charge in [-0.3, -0.25) is 4.68 Å². The molecule has 0 saturated heterocycles. The van der Waals surface area contributed by atoms with Crippen molar-refractivity contribution in [2.45, 2.75) is 39.2 Å². The zero-order chi connectivity index (χ0) is 10.9. The van der Waals surface area contributed by atoms with Gasteiger partial charge >= 0.3 is 0 Å². The smallest absolute Gasteiger partial charge is 0.0623 e. The third-order valence-electron chi connectivity index (χ3n) is 2.33. The standard InChI is InChI=1S/C11H20IN3/c1-2-3-4-5-6-13-7-8-15-10-11(12)9-14-15/h9-10,13H,2-8H2,1H3. The van der Waals surface area contributed by atoms with Crippen LogP contribution in [-0.4, -0.2) is 22.9 Å². The number of nitrogens with zero attached hydrogens (tertiary/aromatic N) is 2. The second kappa shape index (κ2) is 8.10. The van der Waals surface area contributed by atoms with Crippen molar-refractivity contribution in [2.24, 2.45) is 0 Å². The van der Waals surface area contributed by atoms with Gasteiger partial charge in [-0.25, -0.2) is 0 Å². The number of hydrogen-bond donors (Lipinski definition) is 1. The van der Waals surface area contributed by atoms with Crippen molar-refractivity contribution < 1.29 is 0 Å². The average Bonchev–Trinajstić information content (AvgIpc) is 2.63. The summed E-state index contributed by atoms with van der Waals surface area (Å²) in [5.74, 6) is 0. The van der Waals surface area contributed by atoms with E-state index in [-0.39, 0.29) is 0 Å². The molecular weight excluding hydrogens is 301 g/mol. The van der Waals surface area contributed by atoms with Crippen LogP contribution in [0.3, 0.4) is 0 Å². The lowest BCUT2D eigenvalue weighted by molar-refractivity contribution is 0.535. The molecule has 0 aromatic carbocycles. The molecule has 1 heterocycles. The van der Waals surface area contributed by atoms with Crippen LogP contribution in [0.15, 0.2) is 12.4 Å². The summed E-state index contributed by atoms with van der Waals surface area (Å²) in [6.45, 7) is 5.37. The molecular formula is C11H20IN3. The van der Waals surface area contributed by atoms with Crippen molar-refractivity contribution in [2.75, 3.05) is 13.1 Å². The topological polar surface area (TPSA) is 29.9 Å². The van der Waals surface area contributed by atoms with Crippen LogP contribution in [0.5, 0.6) is 0 Å². The van der Waals surface area contributed by atoms with Crippen molar-refractivity contribution in [1.29, 1.82) is 0 Å². The van der Waals surface area contributed by atoms with Crippen LogP contribution in [-0.2, 0) is 6.54 Å². The highest BCUT2D eigenvalue weighted by Crippen LogP contribution is 2.00. The Morgan fingerprint density at radius 2 is 2.20 bits per heavy atom. The van der Waals surface area contributed by atoms with Gasteiger partial charge in [-0.05, 0) is 35.6 Å². The molecule has 0 fully saturated rings. The van der Waals surface area contributed by atoms with Gasteiger partial charge in [0.15, 0.2) is 0 Å². The Morgan fingerprint density at radius 1 is 1.33 bits per heavy atom. The van der Waals surface area contributed by atoms with Crippen LogP contribution in [0.2, 0.25) is 0 Å². The van der Waals surface area contributed by atoms with E-state index in [1.54, 1.807) is 0 Å². The Labute approximate surface area is 106 Å². The van der Waals surface area contributed by atoms with Crippen LogP contribution in [0.25, 0.3) is 0 Å². The Hall–Kier alpha value is -0.100. The van der Waals surface area contributed by atoms with Crippen molar-refractivity contribution in [3.8, 4) is 0 Å². The molecule has 3 nitrogen and oxygen atoms in total. The van der Waals surface area contributed by atoms with Gasteiger partial charge in [-0.15, -0.1) is 0 Å². The van der Waals surface area contributed by atoms with E-state index in [0.717, 1.165) is 19.6 Å². The molecule has 0 aliphatic heterocycles. The van der Waals surface area contributed by atoms with Crippen molar-refractivity contribution >= 4 is 22.6 Å². The fraction of sp³-hybridized carbons (Fsp3) is 0.727. The van der Waals surface area contributed by atoms with E-state index >= 15 is 0 Å². The van der Waals surface area contributed by atoms with Crippen LogP contribution in [0.4, 0.5) is 0 Å².